The molecule has 64 heavy (non-hydrogen) atoms. The summed E-state index contributed by atoms with van der Waals surface area (Å²) in [5, 5.41) is 9.11. The molecule has 0 fully saturated rings. The Morgan fingerprint density at radius 2 is 0.906 bits per heavy atom. The van der Waals surface area contributed by atoms with Crippen LogP contribution < -0.4 is 14.5 Å². The van der Waals surface area contributed by atoms with E-state index in [9.17, 15) is 0 Å². The van der Waals surface area contributed by atoms with Crippen molar-refractivity contribution in [1.82, 2.24) is 0 Å². The van der Waals surface area contributed by atoms with Crippen LogP contribution in [-0.4, -0.2) is 0 Å². The van der Waals surface area contributed by atoms with E-state index < -0.39 is 0 Å². The Labute approximate surface area is 370 Å². The van der Waals surface area contributed by atoms with Gasteiger partial charge in [-0.2, -0.15) is 0 Å². The topological polar surface area (TPSA) is 28.9 Å². The first kappa shape index (κ1) is 36.1. The number of fused-ring (bicyclic) bond motifs is 9. The Hall–Kier alpha value is -8.60. The fraction of sp³-hybridized carbons (Fsp3) is 0. The number of benzene rings is 11. The number of hydrogen-bond donors (Lipinski definition) is 0. The number of furan rings is 1. The highest BCUT2D eigenvalue weighted by atomic mass is 16.5. The molecule has 0 N–H and O–H groups in total. The Kier molecular flexibility index (Phi) is 8.18. The van der Waals surface area contributed by atoms with Gasteiger partial charge in [-0.25, -0.2) is 0 Å². The Morgan fingerprint density at radius 1 is 0.297 bits per heavy atom. The molecular weight excluding hydrogens is 781 g/mol. The van der Waals surface area contributed by atoms with E-state index in [0.29, 0.717) is 0 Å². The van der Waals surface area contributed by atoms with E-state index in [4.69, 9.17) is 9.15 Å². The van der Waals surface area contributed by atoms with E-state index in [0.717, 1.165) is 111 Å². The van der Waals surface area contributed by atoms with Gasteiger partial charge in [-0.1, -0.05) is 152 Å². The summed E-state index contributed by atoms with van der Waals surface area (Å²) in [4.78, 5) is 4.70. The van der Waals surface area contributed by atoms with Crippen molar-refractivity contribution >= 4 is 88.4 Å². The highest BCUT2D eigenvalue weighted by molar-refractivity contribution is 6.26. The first-order valence-corrected chi connectivity index (χ1v) is 21.8. The van der Waals surface area contributed by atoms with Crippen molar-refractivity contribution in [3.05, 3.63) is 231 Å². The van der Waals surface area contributed by atoms with Gasteiger partial charge < -0.3 is 19.0 Å². The monoisotopic (exact) mass is 818 g/mol. The summed E-state index contributed by atoms with van der Waals surface area (Å²) < 4.78 is 13.7. The van der Waals surface area contributed by atoms with Crippen LogP contribution in [0.3, 0.4) is 0 Å². The second kappa shape index (κ2) is 14.5. The molecule has 11 aromatic carbocycles. The third kappa shape index (κ3) is 5.63. The van der Waals surface area contributed by atoms with Gasteiger partial charge in [0.15, 0.2) is 5.58 Å². The molecule has 0 bridgehead atoms. The van der Waals surface area contributed by atoms with Crippen LogP contribution in [0.2, 0.25) is 0 Å². The molecule has 0 radical (unpaired) electrons. The highest BCUT2D eigenvalue weighted by Crippen LogP contribution is 2.53. The molecule has 1 aliphatic rings. The van der Waals surface area contributed by atoms with Crippen molar-refractivity contribution in [2.45, 2.75) is 0 Å². The van der Waals surface area contributed by atoms with Crippen LogP contribution in [-0.2, 0) is 0 Å². The number of hydrogen-bond acceptors (Lipinski definition) is 4. The van der Waals surface area contributed by atoms with Gasteiger partial charge in [0.05, 0.1) is 17.1 Å². The second-order valence-corrected chi connectivity index (χ2v) is 16.4. The van der Waals surface area contributed by atoms with Crippen LogP contribution in [0.4, 0.5) is 34.1 Å². The van der Waals surface area contributed by atoms with Crippen molar-refractivity contribution in [3.63, 3.8) is 0 Å². The van der Waals surface area contributed by atoms with E-state index in [1.807, 2.05) is 12.1 Å². The van der Waals surface area contributed by atoms with Crippen LogP contribution in [0.15, 0.2) is 235 Å². The summed E-state index contributed by atoms with van der Waals surface area (Å²) in [7, 11) is 0. The number of ether oxygens (including phenoxy) is 1. The zero-order valence-corrected chi connectivity index (χ0v) is 34.7. The zero-order valence-electron chi connectivity index (χ0n) is 34.7. The predicted molar refractivity (Wildman–Crippen MR) is 267 cm³/mol. The summed E-state index contributed by atoms with van der Waals surface area (Å²) in [6, 6.07) is 81.9. The summed E-state index contributed by atoms with van der Waals surface area (Å²) in [5.74, 6) is 1.67. The van der Waals surface area contributed by atoms with Gasteiger partial charge in [-0.3, -0.25) is 0 Å². The molecule has 0 spiro atoms. The fourth-order valence-electron chi connectivity index (χ4n) is 9.99. The van der Waals surface area contributed by atoms with Gasteiger partial charge in [0.1, 0.15) is 17.1 Å². The molecule has 0 unspecified atom stereocenters. The summed E-state index contributed by atoms with van der Waals surface area (Å²) in [5.41, 5.74) is 12.5. The number of rotatable bonds is 7. The highest BCUT2D eigenvalue weighted by Gasteiger charge is 2.27. The third-order valence-electron chi connectivity index (χ3n) is 12.8. The molecule has 0 amide bonds. The minimum absolute atomic E-state index is 0.824. The van der Waals surface area contributed by atoms with Crippen LogP contribution in [0.5, 0.6) is 11.5 Å². The third-order valence-corrected chi connectivity index (χ3v) is 12.8. The van der Waals surface area contributed by atoms with E-state index in [-0.39, 0.29) is 0 Å². The lowest BCUT2D eigenvalue weighted by Gasteiger charge is -2.30. The van der Waals surface area contributed by atoms with Crippen LogP contribution in [0, 0.1) is 0 Å². The first-order valence-electron chi connectivity index (χ1n) is 21.8. The molecule has 12 aromatic rings. The Balaban J connectivity index is 1.02. The molecule has 4 nitrogen and oxygen atoms in total. The minimum Gasteiger partial charge on any atom is -0.456 e. The van der Waals surface area contributed by atoms with Crippen molar-refractivity contribution in [3.8, 4) is 33.8 Å². The molecule has 1 aliphatic heterocycles. The van der Waals surface area contributed by atoms with Gasteiger partial charge in [-0.15, -0.1) is 0 Å². The van der Waals surface area contributed by atoms with E-state index in [1.165, 1.54) is 10.8 Å². The van der Waals surface area contributed by atoms with Crippen molar-refractivity contribution < 1.29 is 9.15 Å². The second-order valence-electron chi connectivity index (χ2n) is 16.4. The molecule has 13 rings (SSSR count). The molecule has 2 heterocycles. The van der Waals surface area contributed by atoms with E-state index >= 15 is 0 Å². The average Bonchev–Trinajstić information content (AvgIpc) is 3.75. The minimum atomic E-state index is 0.824. The molecule has 1 aromatic heterocycles. The van der Waals surface area contributed by atoms with Crippen LogP contribution in [0.1, 0.15) is 0 Å². The maximum absolute atomic E-state index is 7.01. The van der Waals surface area contributed by atoms with Gasteiger partial charge >= 0.3 is 0 Å². The first-order chi connectivity index (χ1) is 31.8. The van der Waals surface area contributed by atoms with Crippen molar-refractivity contribution in [2.75, 3.05) is 9.80 Å². The van der Waals surface area contributed by atoms with Gasteiger partial charge in [-0.05, 0) is 105 Å². The lowest BCUT2D eigenvalue weighted by atomic mass is 9.88. The van der Waals surface area contributed by atoms with Crippen molar-refractivity contribution in [2.24, 2.45) is 0 Å². The molecule has 0 atom stereocenters. The van der Waals surface area contributed by atoms with Crippen molar-refractivity contribution in [1.29, 1.82) is 0 Å². The molecule has 4 heteroatoms. The summed E-state index contributed by atoms with van der Waals surface area (Å²) in [6.45, 7) is 0. The molecule has 0 saturated carbocycles. The number of anilines is 6. The normalized spacial score (nSPS) is 11.9. The standard InChI is InChI=1S/C60H38N2O2/c1-4-18-39(19-5-1)43-24-12-14-30-53(43)61(40-20-6-2-7-21-40)42-34-35-47-52-37-50-44-25-10-11-26-45(44)55(38-51(50)48-28-17-33-57(59(48)52)63-58(47)36-42)62(41-22-8-3-9-23-41)54-31-16-29-49-46-27-13-15-32-56(46)64-60(49)54/h1-38H. The maximum atomic E-state index is 7.01. The summed E-state index contributed by atoms with van der Waals surface area (Å²) >= 11 is 0. The maximum Gasteiger partial charge on any atom is 0.159 e. The smallest absolute Gasteiger partial charge is 0.159 e. The summed E-state index contributed by atoms with van der Waals surface area (Å²) in [6.07, 6.45) is 0. The van der Waals surface area contributed by atoms with Gasteiger partial charge in [0.25, 0.3) is 0 Å². The largest absolute Gasteiger partial charge is 0.456 e. The quantitative estimate of drug-likeness (QED) is 0.150. The SMILES string of the molecule is c1ccc(-c2ccccc2N(c2ccccc2)c2ccc3c(c2)Oc2cccc4c2c-3cc2c3ccccc3c(N(c3ccccc3)c3cccc5c3oc3ccccc35)cc42)cc1. The van der Waals surface area contributed by atoms with E-state index in [1.54, 1.807) is 0 Å². The van der Waals surface area contributed by atoms with Crippen LogP contribution in [0.25, 0.3) is 76.5 Å². The molecule has 0 saturated heterocycles. The number of para-hydroxylation sites is 5. The lowest BCUT2D eigenvalue weighted by Crippen LogP contribution is -2.12. The lowest BCUT2D eigenvalue weighted by molar-refractivity contribution is 0.487. The predicted octanol–water partition coefficient (Wildman–Crippen LogP) is 17.4. The van der Waals surface area contributed by atoms with Gasteiger partial charge in [0.2, 0.25) is 0 Å². The Morgan fingerprint density at radius 3 is 1.72 bits per heavy atom. The van der Waals surface area contributed by atoms with Gasteiger partial charge in [0, 0.05) is 55.8 Å². The molecule has 300 valence electrons. The van der Waals surface area contributed by atoms with E-state index in [2.05, 4.69) is 228 Å². The zero-order chi connectivity index (χ0) is 42.1. The van der Waals surface area contributed by atoms with Crippen LogP contribution >= 0.6 is 0 Å². The molecular formula is C60H38N2O2. The molecule has 0 aliphatic carbocycles. The fourth-order valence-corrected chi connectivity index (χ4v) is 9.99. The average molecular weight is 819 g/mol. The number of nitrogens with zero attached hydrogens (tertiary/aromatic N) is 2. The Bertz CT molecular complexity index is 3770.